The first-order chi connectivity index (χ1) is 13.2. The van der Waals surface area contributed by atoms with Gasteiger partial charge in [-0.2, -0.15) is 0 Å². The Kier molecular flexibility index (Phi) is 5.19. The molecule has 136 valence electrons. The Bertz CT molecular complexity index is 1040. The van der Waals surface area contributed by atoms with Crippen molar-refractivity contribution in [2.75, 3.05) is 0 Å². The molecule has 0 aliphatic heterocycles. The maximum atomic E-state index is 6.27. The smallest absolute Gasteiger partial charge is 0.137 e. The summed E-state index contributed by atoms with van der Waals surface area (Å²) in [5, 5.41) is 7.21. The molecule has 27 heavy (non-hydrogen) atoms. The SMILES string of the molecule is N[C@H](CCc1cc(-c2ccc3cnccc3c2)no1)Cc1ccc(Cl)cc1. The topological polar surface area (TPSA) is 64.9 Å². The van der Waals surface area contributed by atoms with Crippen LogP contribution in [0, 0.1) is 0 Å². The van der Waals surface area contributed by atoms with Crippen LogP contribution < -0.4 is 5.73 Å². The van der Waals surface area contributed by atoms with Crippen molar-refractivity contribution in [2.45, 2.75) is 25.3 Å². The second kappa shape index (κ2) is 7.91. The highest BCUT2D eigenvalue weighted by Gasteiger charge is 2.10. The number of rotatable bonds is 6. The van der Waals surface area contributed by atoms with E-state index in [2.05, 4.69) is 16.2 Å². The van der Waals surface area contributed by atoms with E-state index < -0.39 is 0 Å². The molecular formula is C22H20ClN3O. The summed E-state index contributed by atoms with van der Waals surface area (Å²) in [6.07, 6.45) is 6.06. The molecule has 2 N–H and O–H groups in total. The maximum Gasteiger partial charge on any atom is 0.137 e. The van der Waals surface area contributed by atoms with Gasteiger partial charge in [0.25, 0.3) is 0 Å². The van der Waals surface area contributed by atoms with Crippen molar-refractivity contribution < 1.29 is 4.52 Å². The Morgan fingerprint density at radius 2 is 1.85 bits per heavy atom. The second-order valence-corrected chi connectivity index (χ2v) is 7.18. The number of halogens is 1. The van der Waals surface area contributed by atoms with E-state index in [0.717, 1.165) is 52.1 Å². The molecule has 4 aromatic rings. The van der Waals surface area contributed by atoms with Crippen molar-refractivity contribution in [3.05, 3.63) is 83.3 Å². The Morgan fingerprint density at radius 3 is 2.70 bits per heavy atom. The van der Waals surface area contributed by atoms with Crippen LogP contribution in [0.1, 0.15) is 17.7 Å². The van der Waals surface area contributed by atoms with E-state index in [1.54, 1.807) is 6.20 Å². The third-order valence-corrected chi connectivity index (χ3v) is 4.92. The second-order valence-electron chi connectivity index (χ2n) is 6.75. The maximum absolute atomic E-state index is 6.27. The summed E-state index contributed by atoms with van der Waals surface area (Å²) in [6, 6.07) is 18.1. The van der Waals surface area contributed by atoms with E-state index in [9.17, 15) is 0 Å². The van der Waals surface area contributed by atoms with Gasteiger partial charge in [0.05, 0.1) is 0 Å². The molecule has 2 aromatic heterocycles. The summed E-state index contributed by atoms with van der Waals surface area (Å²) < 4.78 is 5.51. The van der Waals surface area contributed by atoms with Gasteiger partial charge in [0.15, 0.2) is 0 Å². The summed E-state index contributed by atoms with van der Waals surface area (Å²) in [5.74, 6) is 0.853. The predicted molar refractivity (Wildman–Crippen MR) is 109 cm³/mol. The van der Waals surface area contributed by atoms with Crippen molar-refractivity contribution in [3.63, 3.8) is 0 Å². The molecule has 0 spiro atoms. The number of aromatic nitrogens is 2. The van der Waals surface area contributed by atoms with E-state index in [4.69, 9.17) is 21.9 Å². The lowest BCUT2D eigenvalue weighted by Crippen LogP contribution is -2.23. The van der Waals surface area contributed by atoms with Gasteiger partial charge in [0, 0.05) is 46.9 Å². The quantitative estimate of drug-likeness (QED) is 0.511. The summed E-state index contributed by atoms with van der Waals surface area (Å²) in [6.45, 7) is 0. The largest absolute Gasteiger partial charge is 0.361 e. The van der Waals surface area contributed by atoms with Gasteiger partial charge in [-0.1, -0.05) is 41.0 Å². The zero-order chi connectivity index (χ0) is 18.6. The van der Waals surface area contributed by atoms with Crippen molar-refractivity contribution in [1.29, 1.82) is 0 Å². The fourth-order valence-electron chi connectivity index (χ4n) is 3.16. The van der Waals surface area contributed by atoms with Crippen LogP contribution in [0.2, 0.25) is 5.02 Å². The third kappa shape index (κ3) is 4.35. The predicted octanol–water partition coefficient (Wildman–Crippen LogP) is 5.05. The molecule has 0 saturated heterocycles. The van der Waals surface area contributed by atoms with E-state index in [1.807, 2.05) is 54.7 Å². The van der Waals surface area contributed by atoms with Crippen LogP contribution in [-0.2, 0) is 12.8 Å². The summed E-state index contributed by atoms with van der Waals surface area (Å²) in [4.78, 5) is 4.14. The molecule has 5 heteroatoms. The van der Waals surface area contributed by atoms with Crippen LogP contribution in [0.25, 0.3) is 22.0 Å². The normalized spacial score (nSPS) is 12.4. The van der Waals surface area contributed by atoms with Gasteiger partial charge in [-0.05, 0) is 48.1 Å². The molecule has 0 aliphatic rings. The fraction of sp³-hybridized carbons (Fsp3) is 0.182. The molecule has 0 aliphatic carbocycles. The number of hydrogen-bond acceptors (Lipinski definition) is 4. The first-order valence-corrected chi connectivity index (χ1v) is 9.35. The zero-order valence-electron chi connectivity index (χ0n) is 14.8. The molecule has 0 saturated carbocycles. The van der Waals surface area contributed by atoms with Gasteiger partial charge in [0.1, 0.15) is 11.5 Å². The lowest BCUT2D eigenvalue weighted by Gasteiger charge is -2.10. The summed E-state index contributed by atoms with van der Waals surface area (Å²) in [5.41, 5.74) is 9.34. The van der Waals surface area contributed by atoms with Crippen molar-refractivity contribution in [3.8, 4) is 11.3 Å². The number of pyridine rings is 1. The molecule has 0 bridgehead atoms. The van der Waals surface area contributed by atoms with E-state index >= 15 is 0 Å². The Labute approximate surface area is 163 Å². The van der Waals surface area contributed by atoms with Crippen molar-refractivity contribution in [1.82, 2.24) is 10.1 Å². The van der Waals surface area contributed by atoms with Gasteiger partial charge in [-0.25, -0.2) is 0 Å². The third-order valence-electron chi connectivity index (χ3n) is 4.67. The summed E-state index contributed by atoms with van der Waals surface area (Å²) in [7, 11) is 0. The lowest BCUT2D eigenvalue weighted by molar-refractivity contribution is 0.378. The average molecular weight is 378 g/mol. The molecule has 2 heterocycles. The van der Waals surface area contributed by atoms with Crippen molar-refractivity contribution >= 4 is 22.4 Å². The highest BCUT2D eigenvalue weighted by atomic mass is 35.5. The zero-order valence-corrected chi connectivity index (χ0v) is 15.6. The number of aryl methyl sites for hydroxylation is 1. The molecule has 2 aromatic carbocycles. The monoisotopic (exact) mass is 377 g/mol. The van der Waals surface area contributed by atoms with Crippen LogP contribution >= 0.6 is 11.6 Å². The highest BCUT2D eigenvalue weighted by Crippen LogP contribution is 2.24. The number of nitrogens with two attached hydrogens (primary N) is 1. The standard InChI is InChI=1S/C22H20ClN3O/c23-19-5-1-15(2-6-19)11-20(24)7-8-21-13-22(26-27-21)17-3-4-18-14-25-10-9-16(18)12-17/h1-6,9-10,12-14,20H,7-8,11,24H2/t20-/m1/s1. The molecular weight excluding hydrogens is 358 g/mol. The van der Waals surface area contributed by atoms with E-state index in [-0.39, 0.29) is 6.04 Å². The van der Waals surface area contributed by atoms with Gasteiger partial charge in [-0.3, -0.25) is 4.98 Å². The Morgan fingerprint density at radius 1 is 1.00 bits per heavy atom. The minimum absolute atomic E-state index is 0.0629. The molecule has 0 radical (unpaired) electrons. The average Bonchev–Trinajstić information content (AvgIpc) is 3.17. The molecule has 0 unspecified atom stereocenters. The minimum Gasteiger partial charge on any atom is -0.361 e. The summed E-state index contributed by atoms with van der Waals surface area (Å²) >= 11 is 5.92. The van der Waals surface area contributed by atoms with Gasteiger partial charge < -0.3 is 10.3 Å². The van der Waals surface area contributed by atoms with Crippen LogP contribution in [0.4, 0.5) is 0 Å². The van der Waals surface area contributed by atoms with Crippen LogP contribution in [-0.4, -0.2) is 16.2 Å². The number of hydrogen-bond donors (Lipinski definition) is 1. The number of nitrogens with zero attached hydrogens (tertiary/aromatic N) is 2. The molecule has 1 atom stereocenters. The number of fused-ring (bicyclic) bond motifs is 1. The van der Waals surface area contributed by atoms with E-state index in [0.29, 0.717) is 0 Å². The van der Waals surface area contributed by atoms with Gasteiger partial charge in [-0.15, -0.1) is 0 Å². The van der Waals surface area contributed by atoms with Crippen LogP contribution in [0.5, 0.6) is 0 Å². The Balaban J connectivity index is 1.39. The van der Waals surface area contributed by atoms with E-state index in [1.165, 1.54) is 5.56 Å². The highest BCUT2D eigenvalue weighted by molar-refractivity contribution is 6.30. The lowest BCUT2D eigenvalue weighted by atomic mass is 10.0. The number of benzene rings is 2. The Hall–Kier alpha value is -2.69. The fourth-order valence-corrected chi connectivity index (χ4v) is 3.29. The van der Waals surface area contributed by atoms with Crippen molar-refractivity contribution in [2.24, 2.45) is 5.73 Å². The van der Waals surface area contributed by atoms with Gasteiger partial charge in [0.2, 0.25) is 0 Å². The van der Waals surface area contributed by atoms with Gasteiger partial charge >= 0.3 is 0 Å². The van der Waals surface area contributed by atoms with Crippen LogP contribution in [0.15, 0.2) is 71.5 Å². The minimum atomic E-state index is 0.0629. The molecule has 0 fully saturated rings. The first kappa shape index (κ1) is 17.7. The molecule has 0 amide bonds. The first-order valence-electron chi connectivity index (χ1n) is 8.97. The molecule has 4 nitrogen and oxygen atoms in total. The van der Waals surface area contributed by atoms with Crippen LogP contribution in [0.3, 0.4) is 0 Å². The molecule has 4 rings (SSSR count).